The van der Waals surface area contributed by atoms with E-state index in [0.717, 1.165) is 44.6 Å². The summed E-state index contributed by atoms with van der Waals surface area (Å²) in [5.41, 5.74) is 0.452. The molecule has 1 unspecified atom stereocenters. The van der Waals surface area contributed by atoms with Crippen LogP contribution >= 0.6 is 24.0 Å². The quantitative estimate of drug-likeness (QED) is 0.383. The van der Waals surface area contributed by atoms with Gasteiger partial charge in [-0.2, -0.15) is 0 Å². The molecular formula is C17H28F2IN5. The summed E-state index contributed by atoms with van der Waals surface area (Å²) < 4.78 is 26.9. The van der Waals surface area contributed by atoms with Crippen LogP contribution in [0.3, 0.4) is 0 Å². The highest BCUT2D eigenvalue weighted by Crippen LogP contribution is 2.24. The molecule has 25 heavy (non-hydrogen) atoms. The number of aliphatic imine (C=N–C) groups is 1. The molecule has 8 heteroatoms. The van der Waals surface area contributed by atoms with E-state index < -0.39 is 11.6 Å². The van der Waals surface area contributed by atoms with Crippen molar-refractivity contribution in [1.29, 1.82) is 0 Å². The average Bonchev–Trinajstić information content (AvgIpc) is 3.01. The normalized spacial score (nSPS) is 17.6. The molecule has 5 nitrogen and oxygen atoms in total. The van der Waals surface area contributed by atoms with Gasteiger partial charge in [0.15, 0.2) is 5.96 Å². The molecule has 0 spiro atoms. The maximum atomic E-state index is 13.9. The zero-order valence-electron chi connectivity index (χ0n) is 15.1. The molecule has 2 rings (SSSR count). The lowest BCUT2D eigenvalue weighted by Crippen LogP contribution is -2.46. The summed E-state index contributed by atoms with van der Waals surface area (Å²) in [6.07, 6.45) is 0.881. The van der Waals surface area contributed by atoms with Gasteiger partial charge in [-0.15, -0.1) is 24.0 Å². The number of guanidine groups is 1. The van der Waals surface area contributed by atoms with E-state index in [0.29, 0.717) is 12.2 Å². The summed E-state index contributed by atoms with van der Waals surface area (Å²) in [6.45, 7) is 6.28. The van der Waals surface area contributed by atoms with Gasteiger partial charge in [0.1, 0.15) is 11.6 Å². The van der Waals surface area contributed by atoms with Crippen molar-refractivity contribution in [3.8, 4) is 0 Å². The van der Waals surface area contributed by atoms with Crippen molar-refractivity contribution >= 4 is 35.6 Å². The van der Waals surface area contributed by atoms with E-state index in [9.17, 15) is 8.78 Å². The number of nitrogens with one attached hydrogen (secondary N) is 2. The van der Waals surface area contributed by atoms with Crippen molar-refractivity contribution < 1.29 is 8.78 Å². The van der Waals surface area contributed by atoms with Crippen LogP contribution in [0.2, 0.25) is 0 Å². The number of benzene rings is 1. The summed E-state index contributed by atoms with van der Waals surface area (Å²) >= 11 is 0. The standard InChI is InChI=1S/C17H27F2N5.HI/c1-4-23(3)10-8-21-17(20-2)22-14-7-9-24(12-14)16-6-5-13(18)11-15(16)19;/h5-6,11,14H,4,7-10,12H2,1-3H3,(H2,20,21,22);1H. The Morgan fingerprint density at radius 2 is 2.16 bits per heavy atom. The van der Waals surface area contributed by atoms with Gasteiger partial charge >= 0.3 is 0 Å². The van der Waals surface area contributed by atoms with E-state index in [4.69, 9.17) is 0 Å². The number of halogens is 3. The third-order valence-corrected chi connectivity index (χ3v) is 4.33. The molecule has 1 aromatic carbocycles. The van der Waals surface area contributed by atoms with Crippen molar-refractivity contribution in [2.24, 2.45) is 4.99 Å². The molecule has 142 valence electrons. The van der Waals surface area contributed by atoms with Gasteiger partial charge in [-0.05, 0) is 32.1 Å². The van der Waals surface area contributed by atoms with Crippen LogP contribution in [-0.2, 0) is 0 Å². The largest absolute Gasteiger partial charge is 0.367 e. The van der Waals surface area contributed by atoms with E-state index in [1.807, 2.05) is 4.90 Å². The lowest BCUT2D eigenvalue weighted by atomic mass is 10.2. The maximum absolute atomic E-state index is 13.9. The molecule has 0 amide bonds. The van der Waals surface area contributed by atoms with E-state index in [-0.39, 0.29) is 30.0 Å². The lowest BCUT2D eigenvalue weighted by molar-refractivity contribution is 0.357. The van der Waals surface area contributed by atoms with Crippen LogP contribution in [0, 0.1) is 11.6 Å². The molecule has 1 saturated heterocycles. The van der Waals surface area contributed by atoms with Crippen LogP contribution in [-0.4, -0.2) is 63.7 Å². The summed E-state index contributed by atoms with van der Waals surface area (Å²) in [5.74, 6) is -0.307. The monoisotopic (exact) mass is 467 g/mol. The van der Waals surface area contributed by atoms with E-state index in [1.165, 1.54) is 12.1 Å². The molecule has 1 aromatic rings. The Morgan fingerprint density at radius 3 is 2.80 bits per heavy atom. The second kappa shape index (κ2) is 10.7. The van der Waals surface area contributed by atoms with Crippen molar-refractivity contribution in [3.05, 3.63) is 29.8 Å². The highest BCUT2D eigenvalue weighted by molar-refractivity contribution is 14.0. The number of hydrogen-bond acceptors (Lipinski definition) is 3. The third-order valence-electron chi connectivity index (χ3n) is 4.33. The Labute approximate surface area is 165 Å². The molecule has 1 heterocycles. The summed E-state index contributed by atoms with van der Waals surface area (Å²) in [4.78, 5) is 8.39. The smallest absolute Gasteiger partial charge is 0.191 e. The molecule has 1 fully saturated rings. The minimum absolute atomic E-state index is 0. The first-order valence-electron chi connectivity index (χ1n) is 8.39. The number of anilines is 1. The first-order valence-corrected chi connectivity index (χ1v) is 8.39. The predicted octanol–water partition coefficient (Wildman–Crippen LogP) is 2.28. The first-order chi connectivity index (χ1) is 11.5. The Bertz CT molecular complexity index is 570. The van der Waals surface area contributed by atoms with Crippen LogP contribution < -0.4 is 15.5 Å². The molecule has 1 atom stereocenters. The predicted molar refractivity (Wildman–Crippen MR) is 110 cm³/mol. The molecule has 2 N–H and O–H groups in total. The van der Waals surface area contributed by atoms with Crippen LogP contribution in [0.4, 0.5) is 14.5 Å². The van der Waals surface area contributed by atoms with Gasteiger partial charge in [-0.25, -0.2) is 8.78 Å². The van der Waals surface area contributed by atoms with Crippen LogP contribution in [0.5, 0.6) is 0 Å². The third kappa shape index (κ3) is 6.58. The van der Waals surface area contributed by atoms with Crippen molar-refractivity contribution in [2.45, 2.75) is 19.4 Å². The van der Waals surface area contributed by atoms with Crippen LogP contribution in [0.25, 0.3) is 0 Å². The molecule has 0 radical (unpaired) electrons. The number of hydrogen-bond donors (Lipinski definition) is 2. The number of nitrogens with zero attached hydrogens (tertiary/aromatic N) is 3. The Kier molecular flexibility index (Phi) is 9.41. The molecule has 0 aliphatic carbocycles. The summed E-state index contributed by atoms with van der Waals surface area (Å²) in [7, 11) is 3.81. The fraction of sp³-hybridized carbons (Fsp3) is 0.588. The van der Waals surface area contributed by atoms with Gasteiger partial charge in [0, 0.05) is 45.3 Å². The second-order valence-corrected chi connectivity index (χ2v) is 6.07. The van der Waals surface area contributed by atoms with Crippen molar-refractivity contribution in [2.75, 3.05) is 51.7 Å². The van der Waals surface area contributed by atoms with Gasteiger partial charge in [0.25, 0.3) is 0 Å². The summed E-state index contributed by atoms with van der Waals surface area (Å²) in [5, 5.41) is 6.66. The minimum atomic E-state index is -0.549. The van der Waals surface area contributed by atoms with Crippen molar-refractivity contribution in [3.63, 3.8) is 0 Å². The Morgan fingerprint density at radius 1 is 1.40 bits per heavy atom. The molecule has 0 saturated carbocycles. The highest BCUT2D eigenvalue weighted by atomic mass is 127. The van der Waals surface area contributed by atoms with Gasteiger partial charge in [-0.1, -0.05) is 6.92 Å². The Hall–Kier alpha value is -1.16. The zero-order valence-corrected chi connectivity index (χ0v) is 17.4. The SMILES string of the molecule is CCN(C)CCNC(=NC)NC1CCN(c2ccc(F)cc2F)C1.I. The summed E-state index contributed by atoms with van der Waals surface area (Å²) in [6, 6.07) is 3.91. The first kappa shape index (κ1) is 21.9. The second-order valence-electron chi connectivity index (χ2n) is 6.07. The zero-order chi connectivity index (χ0) is 17.5. The van der Waals surface area contributed by atoms with Gasteiger partial charge in [-0.3, -0.25) is 4.99 Å². The maximum Gasteiger partial charge on any atom is 0.191 e. The molecule has 0 aromatic heterocycles. The van der Waals surface area contributed by atoms with Gasteiger partial charge in [0.2, 0.25) is 0 Å². The number of likely N-dealkylation sites (N-methyl/N-ethyl adjacent to an activating group) is 1. The van der Waals surface area contributed by atoms with Crippen molar-refractivity contribution in [1.82, 2.24) is 15.5 Å². The van der Waals surface area contributed by atoms with E-state index in [1.54, 1.807) is 7.05 Å². The molecule has 1 aliphatic rings. The number of rotatable bonds is 6. The Balaban J connectivity index is 0.00000312. The fourth-order valence-electron chi connectivity index (χ4n) is 2.75. The highest BCUT2D eigenvalue weighted by Gasteiger charge is 2.25. The van der Waals surface area contributed by atoms with Gasteiger partial charge < -0.3 is 20.4 Å². The van der Waals surface area contributed by atoms with E-state index in [2.05, 4.69) is 34.5 Å². The van der Waals surface area contributed by atoms with Crippen LogP contribution in [0.1, 0.15) is 13.3 Å². The van der Waals surface area contributed by atoms with Gasteiger partial charge in [0.05, 0.1) is 5.69 Å². The fourth-order valence-corrected chi connectivity index (χ4v) is 2.75. The minimum Gasteiger partial charge on any atom is -0.367 e. The molecular weight excluding hydrogens is 439 g/mol. The van der Waals surface area contributed by atoms with Crippen LogP contribution in [0.15, 0.2) is 23.2 Å². The average molecular weight is 467 g/mol. The molecule has 0 bridgehead atoms. The van der Waals surface area contributed by atoms with E-state index >= 15 is 0 Å². The topological polar surface area (TPSA) is 42.9 Å². The lowest BCUT2D eigenvalue weighted by Gasteiger charge is -2.21. The molecule has 1 aliphatic heterocycles.